The number of amides is 1. The Morgan fingerprint density at radius 2 is 1.88 bits per heavy atom. The molecule has 1 unspecified atom stereocenters. The molecule has 6 heteroatoms. The molecule has 0 saturated heterocycles. The van der Waals surface area contributed by atoms with Crippen LogP contribution in [0.15, 0.2) is 24.3 Å². The van der Waals surface area contributed by atoms with Gasteiger partial charge in [-0.25, -0.2) is 0 Å². The second kappa shape index (κ2) is 10.6. The second-order valence-electron chi connectivity index (χ2n) is 5.41. The lowest BCUT2D eigenvalue weighted by Crippen LogP contribution is -2.44. The van der Waals surface area contributed by atoms with Crippen LogP contribution in [0.3, 0.4) is 0 Å². The van der Waals surface area contributed by atoms with Crippen molar-refractivity contribution in [2.45, 2.75) is 39.2 Å². The van der Waals surface area contributed by atoms with E-state index in [4.69, 9.17) is 9.47 Å². The maximum Gasteiger partial charge on any atom is 0.307 e. The summed E-state index contributed by atoms with van der Waals surface area (Å²) in [6, 6.07) is 6.97. The molecule has 1 aromatic carbocycles. The summed E-state index contributed by atoms with van der Waals surface area (Å²) >= 11 is 0. The fraction of sp³-hybridized carbons (Fsp3) is 0.556. The molecule has 0 aromatic heterocycles. The van der Waals surface area contributed by atoms with E-state index >= 15 is 0 Å². The summed E-state index contributed by atoms with van der Waals surface area (Å²) in [5, 5.41) is 9.52. The fourth-order valence-electron chi connectivity index (χ4n) is 2.42. The summed E-state index contributed by atoms with van der Waals surface area (Å²) < 4.78 is 10.0. The van der Waals surface area contributed by atoms with Gasteiger partial charge in [0.15, 0.2) is 0 Å². The highest BCUT2D eigenvalue weighted by atomic mass is 16.5. The Bertz CT molecular complexity index is 511. The van der Waals surface area contributed by atoms with Crippen molar-refractivity contribution in [2.75, 3.05) is 26.9 Å². The van der Waals surface area contributed by atoms with Gasteiger partial charge in [-0.1, -0.05) is 19.1 Å². The quantitative estimate of drug-likeness (QED) is 0.659. The zero-order valence-corrected chi connectivity index (χ0v) is 14.7. The fourth-order valence-corrected chi connectivity index (χ4v) is 2.42. The summed E-state index contributed by atoms with van der Waals surface area (Å²) in [5.41, 5.74) is 0.856. The molecule has 1 aromatic rings. The van der Waals surface area contributed by atoms with Gasteiger partial charge in [0.1, 0.15) is 5.75 Å². The highest BCUT2D eigenvalue weighted by Gasteiger charge is 2.23. The summed E-state index contributed by atoms with van der Waals surface area (Å²) in [5.74, 6) is 0.269. The van der Waals surface area contributed by atoms with Crippen molar-refractivity contribution in [2.24, 2.45) is 0 Å². The van der Waals surface area contributed by atoms with Gasteiger partial charge in [-0.15, -0.1) is 0 Å². The molecule has 0 aliphatic carbocycles. The van der Waals surface area contributed by atoms with Gasteiger partial charge in [0, 0.05) is 6.54 Å². The monoisotopic (exact) mass is 337 g/mol. The van der Waals surface area contributed by atoms with E-state index in [1.807, 2.05) is 19.1 Å². The maximum atomic E-state index is 12.6. The van der Waals surface area contributed by atoms with E-state index < -0.39 is 0 Å². The largest absolute Gasteiger partial charge is 0.497 e. The molecule has 0 saturated carbocycles. The standard InChI is InChI=1S/C18H27NO5/c1-4-15(13-20)19(11-10-18(22)24-5-2)17(21)12-14-6-8-16(23-3)9-7-14/h6-9,15,20H,4-5,10-13H2,1-3H3. The van der Waals surface area contributed by atoms with Crippen LogP contribution in [0, 0.1) is 0 Å². The van der Waals surface area contributed by atoms with Crippen LogP contribution in [0.25, 0.3) is 0 Å². The summed E-state index contributed by atoms with van der Waals surface area (Å²) in [7, 11) is 1.59. The Morgan fingerprint density at radius 3 is 2.38 bits per heavy atom. The molecule has 0 fully saturated rings. The van der Waals surface area contributed by atoms with E-state index in [1.165, 1.54) is 0 Å². The molecule has 24 heavy (non-hydrogen) atoms. The molecule has 0 bridgehead atoms. The van der Waals surface area contributed by atoms with Crippen LogP contribution in [0.5, 0.6) is 5.75 Å². The third-order valence-corrected chi connectivity index (χ3v) is 3.82. The first-order valence-electron chi connectivity index (χ1n) is 8.24. The van der Waals surface area contributed by atoms with Gasteiger partial charge in [-0.2, -0.15) is 0 Å². The topological polar surface area (TPSA) is 76.1 Å². The van der Waals surface area contributed by atoms with Crippen molar-refractivity contribution in [1.82, 2.24) is 4.90 Å². The number of ether oxygens (including phenoxy) is 2. The number of hydrogen-bond acceptors (Lipinski definition) is 5. The van der Waals surface area contributed by atoms with Crippen molar-refractivity contribution < 1.29 is 24.2 Å². The lowest BCUT2D eigenvalue weighted by atomic mass is 10.1. The number of nitrogens with zero attached hydrogens (tertiary/aromatic N) is 1. The molecule has 1 atom stereocenters. The van der Waals surface area contributed by atoms with Crippen LogP contribution in [-0.4, -0.2) is 54.8 Å². The van der Waals surface area contributed by atoms with Crippen LogP contribution in [0.1, 0.15) is 32.3 Å². The maximum absolute atomic E-state index is 12.6. The van der Waals surface area contributed by atoms with Gasteiger partial charge in [0.05, 0.1) is 39.2 Å². The van der Waals surface area contributed by atoms with Crippen LogP contribution in [0.2, 0.25) is 0 Å². The SMILES string of the molecule is CCOC(=O)CCN(C(=O)Cc1ccc(OC)cc1)C(CC)CO. The van der Waals surface area contributed by atoms with E-state index in [0.29, 0.717) is 13.0 Å². The predicted octanol–water partition coefficient (Wildman–Crippen LogP) is 1.79. The average Bonchev–Trinajstić information content (AvgIpc) is 2.59. The number of methoxy groups -OCH3 is 1. The van der Waals surface area contributed by atoms with Gasteiger partial charge in [0.2, 0.25) is 5.91 Å². The highest BCUT2D eigenvalue weighted by Crippen LogP contribution is 2.14. The molecule has 134 valence electrons. The molecule has 1 N–H and O–H groups in total. The first-order chi connectivity index (χ1) is 11.5. The van der Waals surface area contributed by atoms with Crippen LogP contribution < -0.4 is 4.74 Å². The van der Waals surface area contributed by atoms with Crippen LogP contribution >= 0.6 is 0 Å². The summed E-state index contributed by atoms with van der Waals surface area (Å²) in [6.07, 6.45) is 0.954. The van der Waals surface area contributed by atoms with Gasteiger partial charge >= 0.3 is 5.97 Å². The minimum Gasteiger partial charge on any atom is -0.497 e. The molecular weight excluding hydrogens is 310 g/mol. The van der Waals surface area contributed by atoms with E-state index in [1.54, 1.807) is 31.1 Å². The minimum absolute atomic E-state index is 0.120. The number of rotatable bonds is 10. The Hall–Kier alpha value is -2.08. The molecule has 1 amide bonds. The average molecular weight is 337 g/mol. The number of carbonyl (C=O) groups is 2. The zero-order valence-electron chi connectivity index (χ0n) is 14.7. The molecular formula is C18H27NO5. The normalized spacial score (nSPS) is 11.7. The van der Waals surface area contributed by atoms with Gasteiger partial charge in [0.25, 0.3) is 0 Å². The van der Waals surface area contributed by atoms with Gasteiger partial charge in [-0.05, 0) is 31.0 Å². The molecule has 0 aliphatic heterocycles. The van der Waals surface area contributed by atoms with E-state index in [9.17, 15) is 14.7 Å². The highest BCUT2D eigenvalue weighted by molar-refractivity contribution is 5.80. The van der Waals surface area contributed by atoms with Crippen molar-refractivity contribution in [1.29, 1.82) is 0 Å². The van der Waals surface area contributed by atoms with Crippen molar-refractivity contribution in [3.63, 3.8) is 0 Å². The van der Waals surface area contributed by atoms with Gasteiger partial charge < -0.3 is 19.5 Å². The lowest BCUT2D eigenvalue weighted by Gasteiger charge is -2.30. The molecule has 0 aliphatic rings. The van der Waals surface area contributed by atoms with Crippen molar-refractivity contribution >= 4 is 11.9 Å². The van der Waals surface area contributed by atoms with Crippen LogP contribution in [-0.2, 0) is 20.7 Å². The Morgan fingerprint density at radius 1 is 1.21 bits per heavy atom. The summed E-state index contributed by atoms with van der Waals surface area (Å²) in [4.78, 5) is 25.8. The van der Waals surface area contributed by atoms with Crippen LogP contribution in [0.4, 0.5) is 0 Å². The second-order valence-corrected chi connectivity index (χ2v) is 5.41. The third kappa shape index (κ3) is 6.20. The molecule has 1 rings (SSSR count). The number of aliphatic hydroxyl groups is 1. The Kier molecular flexibility index (Phi) is 8.86. The van der Waals surface area contributed by atoms with E-state index in [0.717, 1.165) is 11.3 Å². The first-order valence-corrected chi connectivity index (χ1v) is 8.24. The molecule has 0 radical (unpaired) electrons. The molecule has 6 nitrogen and oxygen atoms in total. The number of esters is 1. The molecule has 0 spiro atoms. The van der Waals surface area contributed by atoms with E-state index in [2.05, 4.69) is 0 Å². The third-order valence-electron chi connectivity index (χ3n) is 3.82. The Balaban J connectivity index is 2.75. The van der Waals surface area contributed by atoms with E-state index in [-0.39, 0.29) is 43.9 Å². The predicted molar refractivity (Wildman–Crippen MR) is 90.8 cm³/mol. The number of aliphatic hydroxyl groups excluding tert-OH is 1. The lowest BCUT2D eigenvalue weighted by molar-refractivity contribution is -0.144. The minimum atomic E-state index is -0.340. The van der Waals surface area contributed by atoms with Gasteiger partial charge in [-0.3, -0.25) is 9.59 Å². The Labute approximate surface area is 143 Å². The zero-order chi connectivity index (χ0) is 17.9. The smallest absolute Gasteiger partial charge is 0.307 e. The first kappa shape index (κ1) is 20.0. The van der Waals surface area contributed by atoms with Crippen molar-refractivity contribution in [3.05, 3.63) is 29.8 Å². The summed E-state index contributed by atoms with van der Waals surface area (Å²) in [6.45, 7) is 4.07. The molecule has 0 heterocycles. The van der Waals surface area contributed by atoms with Crippen molar-refractivity contribution in [3.8, 4) is 5.75 Å². The number of carbonyl (C=O) groups excluding carboxylic acids is 2. The number of hydrogen-bond donors (Lipinski definition) is 1. The number of benzene rings is 1.